The fourth-order valence-electron chi connectivity index (χ4n) is 2.68. The minimum Gasteiger partial charge on any atom is -0.493 e. The summed E-state index contributed by atoms with van der Waals surface area (Å²) in [6, 6.07) is 6.45. The largest absolute Gasteiger partial charge is 0.493 e. The molecule has 3 rings (SSSR count). The van der Waals surface area contributed by atoms with Gasteiger partial charge in [-0.05, 0) is 31.5 Å². The van der Waals surface area contributed by atoms with Gasteiger partial charge in [0.2, 0.25) is 0 Å². The van der Waals surface area contributed by atoms with Gasteiger partial charge < -0.3 is 15.0 Å². The average molecular weight is 232 g/mol. The van der Waals surface area contributed by atoms with Crippen molar-refractivity contribution in [1.29, 1.82) is 0 Å². The topological polar surface area (TPSA) is 24.5 Å². The Morgan fingerprint density at radius 1 is 1.41 bits per heavy atom. The fraction of sp³-hybridized carbons (Fsp3) is 0.571. The zero-order valence-corrected chi connectivity index (χ0v) is 10.4. The van der Waals surface area contributed by atoms with Gasteiger partial charge in [0.15, 0.2) is 0 Å². The summed E-state index contributed by atoms with van der Waals surface area (Å²) < 4.78 is 5.86. The van der Waals surface area contributed by atoms with Crippen molar-refractivity contribution in [3.05, 3.63) is 23.8 Å². The molecule has 3 heteroatoms. The molecular formula is C14H20N2O. The number of ether oxygens (including phenoxy) is 1. The zero-order chi connectivity index (χ0) is 11.7. The molecule has 0 spiro atoms. The van der Waals surface area contributed by atoms with Crippen LogP contribution in [-0.4, -0.2) is 38.2 Å². The Morgan fingerprint density at radius 3 is 3.12 bits per heavy atom. The van der Waals surface area contributed by atoms with Crippen molar-refractivity contribution < 1.29 is 4.74 Å². The smallest absolute Gasteiger partial charge is 0.121 e. The van der Waals surface area contributed by atoms with Crippen molar-refractivity contribution >= 4 is 5.69 Å². The van der Waals surface area contributed by atoms with E-state index in [4.69, 9.17) is 4.74 Å². The van der Waals surface area contributed by atoms with E-state index in [0.717, 1.165) is 18.9 Å². The summed E-state index contributed by atoms with van der Waals surface area (Å²) >= 11 is 0. The normalized spacial score (nSPS) is 20.3. The molecule has 0 radical (unpaired) electrons. The minimum atomic E-state index is 0.712. The number of fused-ring (bicyclic) bond motifs is 1. The second-order valence-electron chi connectivity index (χ2n) is 5.25. The van der Waals surface area contributed by atoms with Crippen LogP contribution in [0.15, 0.2) is 18.2 Å². The van der Waals surface area contributed by atoms with Gasteiger partial charge in [0.05, 0.1) is 6.61 Å². The van der Waals surface area contributed by atoms with Gasteiger partial charge in [-0.15, -0.1) is 0 Å². The Kier molecular flexibility index (Phi) is 2.93. The number of rotatable bonds is 3. The lowest BCUT2D eigenvalue weighted by Gasteiger charge is -2.35. The summed E-state index contributed by atoms with van der Waals surface area (Å²) in [5, 5.41) is 3.44. The van der Waals surface area contributed by atoms with Crippen molar-refractivity contribution in [2.45, 2.75) is 12.8 Å². The molecule has 0 atom stereocenters. The number of hydrogen-bond acceptors (Lipinski definition) is 3. The highest BCUT2D eigenvalue weighted by Gasteiger charge is 2.23. The first kappa shape index (κ1) is 10.9. The monoisotopic (exact) mass is 232 g/mol. The highest BCUT2D eigenvalue weighted by molar-refractivity contribution is 5.56. The van der Waals surface area contributed by atoms with E-state index in [9.17, 15) is 0 Å². The van der Waals surface area contributed by atoms with Gasteiger partial charge >= 0.3 is 0 Å². The van der Waals surface area contributed by atoms with Crippen molar-refractivity contribution in [1.82, 2.24) is 4.90 Å². The van der Waals surface area contributed by atoms with Gasteiger partial charge in [0, 0.05) is 37.3 Å². The fourth-order valence-corrected chi connectivity index (χ4v) is 2.68. The van der Waals surface area contributed by atoms with Crippen molar-refractivity contribution in [2.75, 3.05) is 38.6 Å². The van der Waals surface area contributed by atoms with Crippen LogP contribution in [0.2, 0.25) is 0 Å². The van der Waals surface area contributed by atoms with Gasteiger partial charge in [0.25, 0.3) is 0 Å². The van der Waals surface area contributed by atoms with Gasteiger partial charge in [-0.2, -0.15) is 0 Å². The molecule has 0 unspecified atom stereocenters. The van der Waals surface area contributed by atoms with E-state index in [1.54, 1.807) is 0 Å². The summed E-state index contributed by atoms with van der Waals surface area (Å²) in [7, 11) is 2.15. The van der Waals surface area contributed by atoms with Gasteiger partial charge in [-0.1, -0.05) is 6.07 Å². The molecule has 0 bridgehead atoms. The molecule has 0 saturated carbocycles. The summed E-state index contributed by atoms with van der Waals surface area (Å²) in [5.74, 6) is 1.72. The Bertz CT molecular complexity index is 399. The Morgan fingerprint density at radius 2 is 2.29 bits per heavy atom. The van der Waals surface area contributed by atoms with E-state index in [0.29, 0.717) is 5.92 Å². The molecule has 17 heavy (non-hydrogen) atoms. The lowest BCUT2D eigenvalue weighted by molar-refractivity contribution is 0.0858. The number of hydrogen-bond donors (Lipinski definition) is 1. The highest BCUT2D eigenvalue weighted by Crippen LogP contribution is 2.27. The number of benzene rings is 1. The summed E-state index contributed by atoms with van der Waals surface area (Å²) in [6.45, 7) is 4.28. The first-order valence-corrected chi connectivity index (χ1v) is 6.49. The van der Waals surface area contributed by atoms with Crippen LogP contribution in [0.25, 0.3) is 0 Å². The number of nitrogens with zero attached hydrogens (tertiary/aromatic N) is 1. The van der Waals surface area contributed by atoms with Crippen LogP contribution in [0.4, 0.5) is 5.69 Å². The standard InChI is InChI=1S/C14H20N2O/c1-16-8-11(9-16)10-17-13-5-4-12-3-2-6-15-14(12)7-13/h4-5,7,11,15H,2-3,6,8-10H2,1H3. The third-order valence-corrected chi connectivity index (χ3v) is 3.65. The molecule has 2 heterocycles. The lowest BCUT2D eigenvalue weighted by atomic mass is 10.0. The van der Waals surface area contributed by atoms with Crippen molar-refractivity contribution in [3.8, 4) is 5.75 Å². The van der Waals surface area contributed by atoms with E-state index in [1.165, 1.54) is 37.2 Å². The predicted octanol–water partition coefficient (Wildman–Crippen LogP) is 1.99. The van der Waals surface area contributed by atoms with E-state index < -0.39 is 0 Å². The van der Waals surface area contributed by atoms with Crippen LogP contribution in [0.1, 0.15) is 12.0 Å². The maximum atomic E-state index is 5.86. The first-order chi connectivity index (χ1) is 8.31. The number of likely N-dealkylation sites (tertiary alicyclic amines) is 1. The van der Waals surface area contributed by atoms with E-state index in [1.807, 2.05) is 0 Å². The molecule has 2 aliphatic heterocycles. The molecule has 0 aliphatic carbocycles. The molecule has 0 amide bonds. The molecular weight excluding hydrogens is 212 g/mol. The average Bonchev–Trinajstić information content (AvgIpc) is 2.33. The van der Waals surface area contributed by atoms with E-state index in [2.05, 4.69) is 35.5 Å². The summed E-state index contributed by atoms with van der Waals surface area (Å²) in [4.78, 5) is 2.32. The van der Waals surface area contributed by atoms with Crippen LogP contribution >= 0.6 is 0 Å². The summed E-state index contributed by atoms with van der Waals surface area (Å²) in [6.07, 6.45) is 2.43. The van der Waals surface area contributed by atoms with Crippen LogP contribution in [0.5, 0.6) is 5.75 Å². The van der Waals surface area contributed by atoms with Gasteiger partial charge in [0.1, 0.15) is 5.75 Å². The van der Waals surface area contributed by atoms with Crippen LogP contribution in [0.3, 0.4) is 0 Å². The number of nitrogens with one attached hydrogen (secondary N) is 1. The Balaban J connectivity index is 1.59. The first-order valence-electron chi connectivity index (χ1n) is 6.49. The highest BCUT2D eigenvalue weighted by atomic mass is 16.5. The van der Waals surface area contributed by atoms with Gasteiger partial charge in [-0.25, -0.2) is 0 Å². The Hall–Kier alpha value is -1.22. The molecule has 0 aromatic heterocycles. The molecule has 2 aliphatic rings. The van der Waals surface area contributed by atoms with E-state index in [-0.39, 0.29) is 0 Å². The third kappa shape index (κ3) is 2.39. The molecule has 92 valence electrons. The van der Waals surface area contributed by atoms with E-state index >= 15 is 0 Å². The molecule has 1 fully saturated rings. The predicted molar refractivity (Wildman–Crippen MR) is 69.7 cm³/mol. The van der Waals surface area contributed by atoms with Crippen LogP contribution < -0.4 is 10.1 Å². The third-order valence-electron chi connectivity index (χ3n) is 3.65. The Labute approximate surface area is 103 Å². The number of anilines is 1. The zero-order valence-electron chi connectivity index (χ0n) is 10.4. The second-order valence-corrected chi connectivity index (χ2v) is 5.25. The molecule has 1 aromatic carbocycles. The summed E-state index contributed by atoms with van der Waals surface area (Å²) in [5.41, 5.74) is 2.69. The van der Waals surface area contributed by atoms with Crippen molar-refractivity contribution in [2.24, 2.45) is 5.92 Å². The van der Waals surface area contributed by atoms with Crippen LogP contribution in [-0.2, 0) is 6.42 Å². The maximum absolute atomic E-state index is 5.86. The SMILES string of the molecule is CN1CC(COc2ccc3c(c2)NCCC3)C1. The molecule has 1 N–H and O–H groups in total. The molecule has 1 saturated heterocycles. The maximum Gasteiger partial charge on any atom is 0.121 e. The minimum absolute atomic E-state index is 0.712. The molecule has 1 aromatic rings. The quantitative estimate of drug-likeness (QED) is 0.862. The van der Waals surface area contributed by atoms with Crippen molar-refractivity contribution in [3.63, 3.8) is 0 Å². The molecule has 3 nitrogen and oxygen atoms in total. The number of aryl methyl sites for hydroxylation is 1. The van der Waals surface area contributed by atoms with Crippen LogP contribution in [0, 0.1) is 5.92 Å². The second kappa shape index (κ2) is 4.57. The lowest BCUT2D eigenvalue weighted by Crippen LogP contribution is -2.46. The van der Waals surface area contributed by atoms with Gasteiger partial charge in [-0.3, -0.25) is 0 Å².